The number of fused-ring (bicyclic) bond motifs is 1. The molecular weight excluding hydrogens is 220 g/mol. The zero-order chi connectivity index (χ0) is 12.5. The molecule has 1 atom stereocenters. The van der Waals surface area contributed by atoms with Crippen molar-refractivity contribution in [2.45, 2.75) is 12.3 Å². The summed E-state index contributed by atoms with van der Waals surface area (Å²) in [4.78, 5) is 23.7. The monoisotopic (exact) mass is 232 g/mol. The van der Waals surface area contributed by atoms with Crippen LogP contribution in [0.1, 0.15) is 12.5 Å². The molecule has 4 heteroatoms. The van der Waals surface area contributed by atoms with Crippen LogP contribution in [-0.2, 0) is 19.7 Å². The van der Waals surface area contributed by atoms with Gasteiger partial charge >= 0.3 is 11.9 Å². The minimum absolute atomic E-state index is 0.0733. The van der Waals surface area contributed by atoms with Gasteiger partial charge in [-0.15, -0.1) is 0 Å². The van der Waals surface area contributed by atoms with E-state index in [-0.39, 0.29) is 6.61 Å². The predicted octanol–water partition coefficient (Wildman–Crippen LogP) is 1.59. The summed E-state index contributed by atoms with van der Waals surface area (Å²) < 4.78 is 10.0. The summed E-state index contributed by atoms with van der Waals surface area (Å²) in [5.41, 5.74) is -0.835. The van der Waals surface area contributed by atoms with Crippen LogP contribution in [0.2, 0.25) is 0 Å². The number of carbonyl (C=O) groups excluding carboxylic acids is 2. The van der Waals surface area contributed by atoms with Gasteiger partial charge in [-0.2, -0.15) is 0 Å². The molecule has 0 spiro atoms. The third-order valence-electron chi connectivity index (χ3n) is 2.78. The van der Waals surface area contributed by atoms with Gasteiger partial charge in [-0.1, -0.05) is 30.9 Å². The number of rotatable bonds is 3. The first kappa shape index (κ1) is 11.4. The van der Waals surface area contributed by atoms with Crippen LogP contribution in [0.5, 0.6) is 5.75 Å². The Balaban J connectivity index is 2.39. The summed E-state index contributed by atoms with van der Waals surface area (Å²) in [5.74, 6) is -0.810. The lowest BCUT2D eigenvalue weighted by Gasteiger charge is -2.17. The summed E-state index contributed by atoms with van der Waals surface area (Å²) in [5, 5.41) is 0. The lowest BCUT2D eigenvalue weighted by Crippen LogP contribution is -2.40. The normalized spacial score (nSPS) is 21.6. The molecule has 88 valence electrons. The molecule has 0 N–H and O–H groups in total. The fourth-order valence-corrected chi connectivity index (χ4v) is 1.75. The Morgan fingerprint density at radius 3 is 2.94 bits per heavy atom. The van der Waals surface area contributed by atoms with E-state index in [0.717, 1.165) is 0 Å². The Morgan fingerprint density at radius 1 is 1.53 bits per heavy atom. The van der Waals surface area contributed by atoms with E-state index in [0.29, 0.717) is 11.3 Å². The van der Waals surface area contributed by atoms with Gasteiger partial charge < -0.3 is 9.47 Å². The molecule has 0 fully saturated rings. The van der Waals surface area contributed by atoms with Crippen LogP contribution in [0.3, 0.4) is 0 Å². The summed E-state index contributed by atoms with van der Waals surface area (Å²) in [7, 11) is 0. The number of hydrogen-bond donors (Lipinski definition) is 0. The van der Waals surface area contributed by atoms with Gasteiger partial charge in [0.1, 0.15) is 12.4 Å². The molecule has 0 saturated carbocycles. The molecule has 0 amide bonds. The maximum Gasteiger partial charge on any atom is 0.333 e. The van der Waals surface area contributed by atoms with Crippen LogP contribution in [-0.4, -0.2) is 18.5 Å². The van der Waals surface area contributed by atoms with Crippen LogP contribution in [0.25, 0.3) is 0 Å². The van der Waals surface area contributed by atoms with E-state index >= 15 is 0 Å². The molecule has 0 aromatic heterocycles. The standard InChI is InChI=1S/C13H12O4/c1-3-8-16-11(14)13(2)9-6-4-5-7-10(9)17-12(13)15/h3-7H,1,8H2,2H3/t13-/m0/s1. The topological polar surface area (TPSA) is 52.6 Å². The fourth-order valence-electron chi connectivity index (χ4n) is 1.75. The van der Waals surface area contributed by atoms with Crippen molar-refractivity contribution in [3.63, 3.8) is 0 Å². The molecule has 1 aliphatic heterocycles. The number of esters is 2. The molecule has 1 aromatic carbocycles. The van der Waals surface area contributed by atoms with Crippen LogP contribution in [0.15, 0.2) is 36.9 Å². The third-order valence-corrected chi connectivity index (χ3v) is 2.78. The highest BCUT2D eigenvalue weighted by molar-refractivity contribution is 6.09. The Labute approximate surface area is 98.8 Å². The van der Waals surface area contributed by atoms with Crippen molar-refractivity contribution < 1.29 is 19.1 Å². The average Bonchev–Trinajstić information content (AvgIpc) is 2.60. The summed E-state index contributed by atoms with van der Waals surface area (Å²) >= 11 is 0. The van der Waals surface area contributed by atoms with E-state index in [4.69, 9.17) is 9.47 Å². The first-order valence-electron chi connectivity index (χ1n) is 5.20. The average molecular weight is 232 g/mol. The highest BCUT2D eigenvalue weighted by Gasteiger charge is 2.52. The van der Waals surface area contributed by atoms with Crippen molar-refractivity contribution in [1.82, 2.24) is 0 Å². The molecule has 17 heavy (non-hydrogen) atoms. The quantitative estimate of drug-likeness (QED) is 0.344. The largest absolute Gasteiger partial charge is 0.460 e. The Kier molecular flexibility index (Phi) is 2.71. The van der Waals surface area contributed by atoms with Crippen molar-refractivity contribution in [3.8, 4) is 5.75 Å². The van der Waals surface area contributed by atoms with Crippen LogP contribution in [0.4, 0.5) is 0 Å². The van der Waals surface area contributed by atoms with Crippen molar-refractivity contribution in [1.29, 1.82) is 0 Å². The molecule has 0 aliphatic carbocycles. The Morgan fingerprint density at radius 2 is 2.24 bits per heavy atom. The fraction of sp³-hybridized carbons (Fsp3) is 0.231. The lowest BCUT2D eigenvalue weighted by atomic mass is 9.84. The van der Waals surface area contributed by atoms with Crippen molar-refractivity contribution in [2.75, 3.05) is 6.61 Å². The van der Waals surface area contributed by atoms with Gasteiger partial charge in [0.2, 0.25) is 0 Å². The van der Waals surface area contributed by atoms with Gasteiger partial charge in [-0.05, 0) is 13.0 Å². The molecule has 1 aromatic rings. The number of ether oxygens (including phenoxy) is 2. The van der Waals surface area contributed by atoms with Crippen molar-refractivity contribution in [3.05, 3.63) is 42.5 Å². The Hall–Kier alpha value is -2.10. The highest BCUT2D eigenvalue weighted by atomic mass is 16.6. The zero-order valence-electron chi connectivity index (χ0n) is 9.43. The third kappa shape index (κ3) is 1.62. The second kappa shape index (κ2) is 4.05. The van der Waals surface area contributed by atoms with Gasteiger partial charge in [0.15, 0.2) is 5.41 Å². The number of carbonyl (C=O) groups is 2. The Bertz CT molecular complexity index is 492. The summed E-state index contributed by atoms with van der Waals surface area (Å²) in [6.45, 7) is 5.03. The van der Waals surface area contributed by atoms with E-state index in [1.807, 2.05) is 0 Å². The molecule has 1 aliphatic rings. The second-order valence-corrected chi connectivity index (χ2v) is 3.90. The molecule has 0 unspecified atom stereocenters. The van der Waals surface area contributed by atoms with E-state index in [9.17, 15) is 9.59 Å². The second-order valence-electron chi connectivity index (χ2n) is 3.90. The smallest absolute Gasteiger partial charge is 0.333 e. The highest BCUT2D eigenvalue weighted by Crippen LogP contribution is 2.40. The molecule has 0 bridgehead atoms. The number of benzene rings is 1. The van der Waals surface area contributed by atoms with E-state index in [1.54, 1.807) is 24.3 Å². The summed E-state index contributed by atoms with van der Waals surface area (Å²) in [6, 6.07) is 6.83. The number of hydrogen-bond acceptors (Lipinski definition) is 4. The molecule has 0 saturated heterocycles. The minimum atomic E-state index is -1.38. The first-order valence-corrected chi connectivity index (χ1v) is 5.20. The molecule has 0 radical (unpaired) electrons. The van der Waals surface area contributed by atoms with E-state index < -0.39 is 17.4 Å². The van der Waals surface area contributed by atoms with Crippen LogP contribution >= 0.6 is 0 Å². The van der Waals surface area contributed by atoms with E-state index in [1.165, 1.54) is 13.0 Å². The van der Waals surface area contributed by atoms with Crippen LogP contribution < -0.4 is 4.74 Å². The molecular formula is C13H12O4. The lowest BCUT2D eigenvalue weighted by molar-refractivity contribution is -0.156. The van der Waals surface area contributed by atoms with Crippen LogP contribution in [0, 0.1) is 0 Å². The van der Waals surface area contributed by atoms with Crippen molar-refractivity contribution >= 4 is 11.9 Å². The van der Waals surface area contributed by atoms with Gasteiger partial charge in [0.25, 0.3) is 0 Å². The molecule has 1 heterocycles. The SMILES string of the molecule is C=CCOC(=O)[C@@]1(C)C(=O)Oc2ccccc21. The van der Waals surface area contributed by atoms with Gasteiger partial charge in [0, 0.05) is 5.56 Å². The maximum atomic E-state index is 11.9. The molecule has 4 nitrogen and oxygen atoms in total. The van der Waals surface area contributed by atoms with Gasteiger partial charge in [-0.25, -0.2) is 0 Å². The van der Waals surface area contributed by atoms with Crippen molar-refractivity contribution in [2.24, 2.45) is 0 Å². The molecule has 2 rings (SSSR count). The van der Waals surface area contributed by atoms with Gasteiger partial charge in [-0.3, -0.25) is 9.59 Å². The summed E-state index contributed by atoms with van der Waals surface area (Å²) in [6.07, 6.45) is 1.45. The minimum Gasteiger partial charge on any atom is -0.460 e. The predicted molar refractivity (Wildman–Crippen MR) is 60.6 cm³/mol. The van der Waals surface area contributed by atoms with Gasteiger partial charge in [0.05, 0.1) is 0 Å². The number of para-hydroxylation sites is 1. The maximum absolute atomic E-state index is 11.9. The first-order chi connectivity index (χ1) is 8.10. The van der Waals surface area contributed by atoms with E-state index in [2.05, 4.69) is 6.58 Å². The zero-order valence-corrected chi connectivity index (χ0v) is 9.43.